The van der Waals surface area contributed by atoms with E-state index in [4.69, 9.17) is 4.74 Å². The first kappa shape index (κ1) is 19.4. The van der Waals surface area contributed by atoms with Crippen molar-refractivity contribution in [1.82, 2.24) is 10.6 Å². The van der Waals surface area contributed by atoms with Gasteiger partial charge in [0, 0.05) is 6.04 Å². The Labute approximate surface area is 162 Å². The summed E-state index contributed by atoms with van der Waals surface area (Å²) in [7, 11) is 1.67. The van der Waals surface area contributed by atoms with Crippen LogP contribution in [0.1, 0.15) is 49.8 Å². The lowest BCUT2D eigenvalue weighted by atomic mass is 9.86. The molecule has 1 saturated carbocycles. The lowest BCUT2D eigenvalue weighted by Gasteiger charge is -2.30. The highest BCUT2D eigenvalue weighted by molar-refractivity contribution is 5.78. The number of carbonyl (C=O) groups excluding carboxylic acids is 1. The number of rotatable bonds is 7. The Morgan fingerprint density at radius 3 is 2.37 bits per heavy atom. The van der Waals surface area contributed by atoms with Crippen LogP contribution in [0.25, 0.3) is 0 Å². The largest absolute Gasteiger partial charge is 0.497 e. The molecule has 0 aromatic heterocycles. The highest BCUT2D eigenvalue weighted by Crippen LogP contribution is 2.25. The van der Waals surface area contributed by atoms with Crippen molar-refractivity contribution in [3.05, 3.63) is 65.7 Å². The van der Waals surface area contributed by atoms with E-state index in [0.717, 1.165) is 23.3 Å². The lowest BCUT2D eigenvalue weighted by molar-refractivity contribution is -0.121. The number of benzene rings is 2. The van der Waals surface area contributed by atoms with Crippen molar-refractivity contribution in [1.29, 1.82) is 0 Å². The summed E-state index contributed by atoms with van der Waals surface area (Å²) in [5.41, 5.74) is 2.25. The smallest absolute Gasteiger partial charge is 0.234 e. The van der Waals surface area contributed by atoms with E-state index in [0.29, 0.717) is 18.5 Å². The van der Waals surface area contributed by atoms with Gasteiger partial charge in [0.15, 0.2) is 0 Å². The molecule has 2 N–H and O–H groups in total. The number of hydrogen-bond donors (Lipinski definition) is 2. The molecule has 1 amide bonds. The molecule has 0 radical (unpaired) electrons. The Bertz CT molecular complexity index is 715. The number of ether oxygens (including phenoxy) is 1. The number of nitrogens with one attached hydrogen (secondary N) is 2. The van der Waals surface area contributed by atoms with Gasteiger partial charge in [-0.3, -0.25) is 10.1 Å². The molecule has 3 rings (SSSR count). The van der Waals surface area contributed by atoms with E-state index in [-0.39, 0.29) is 11.9 Å². The number of hydrogen-bond acceptors (Lipinski definition) is 3. The predicted octanol–water partition coefficient (Wildman–Crippen LogP) is 4.07. The Morgan fingerprint density at radius 1 is 1.04 bits per heavy atom. The van der Waals surface area contributed by atoms with Crippen LogP contribution < -0.4 is 15.4 Å². The molecule has 1 aliphatic rings. The third kappa shape index (κ3) is 5.33. The first-order chi connectivity index (χ1) is 13.2. The van der Waals surface area contributed by atoms with Crippen LogP contribution in [0.4, 0.5) is 0 Å². The fraction of sp³-hybridized carbons (Fsp3) is 0.435. The molecule has 2 aromatic carbocycles. The van der Waals surface area contributed by atoms with Gasteiger partial charge in [-0.2, -0.15) is 0 Å². The van der Waals surface area contributed by atoms with E-state index < -0.39 is 0 Å². The van der Waals surface area contributed by atoms with Crippen molar-refractivity contribution in [2.75, 3.05) is 13.7 Å². The number of methoxy groups -OCH3 is 1. The Balaban J connectivity index is 1.67. The molecule has 0 heterocycles. The molecule has 144 valence electrons. The van der Waals surface area contributed by atoms with Crippen molar-refractivity contribution in [2.24, 2.45) is 5.92 Å². The minimum atomic E-state index is -0.0355. The molecule has 4 nitrogen and oxygen atoms in total. The highest BCUT2D eigenvalue weighted by Gasteiger charge is 2.23. The minimum absolute atomic E-state index is 0.0355. The Kier molecular flexibility index (Phi) is 6.88. The molecule has 0 bridgehead atoms. The second kappa shape index (κ2) is 9.56. The maximum Gasteiger partial charge on any atom is 0.234 e. The fourth-order valence-electron chi connectivity index (χ4n) is 3.85. The summed E-state index contributed by atoms with van der Waals surface area (Å²) in [6.45, 7) is 2.54. The monoisotopic (exact) mass is 366 g/mol. The zero-order valence-corrected chi connectivity index (χ0v) is 16.3. The number of carbonyl (C=O) groups is 1. The lowest BCUT2D eigenvalue weighted by Crippen LogP contribution is -2.45. The third-order valence-corrected chi connectivity index (χ3v) is 5.51. The van der Waals surface area contributed by atoms with Crippen molar-refractivity contribution >= 4 is 5.91 Å². The van der Waals surface area contributed by atoms with E-state index in [1.54, 1.807) is 7.11 Å². The predicted molar refractivity (Wildman–Crippen MR) is 109 cm³/mol. The van der Waals surface area contributed by atoms with Crippen LogP contribution in [-0.4, -0.2) is 25.6 Å². The minimum Gasteiger partial charge on any atom is -0.497 e. The molecule has 2 aromatic rings. The summed E-state index contributed by atoms with van der Waals surface area (Å²) in [5, 5.41) is 6.66. The molecule has 1 fully saturated rings. The van der Waals surface area contributed by atoms with Crippen molar-refractivity contribution in [3.8, 4) is 5.75 Å². The van der Waals surface area contributed by atoms with E-state index in [1.807, 2.05) is 42.5 Å². The molecule has 0 saturated heterocycles. The average Bonchev–Trinajstić information content (AvgIpc) is 2.71. The summed E-state index contributed by atoms with van der Waals surface area (Å²) in [6, 6.07) is 18.5. The maximum absolute atomic E-state index is 12.5. The van der Waals surface area contributed by atoms with Crippen LogP contribution in [0.15, 0.2) is 54.6 Å². The highest BCUT2D eigenvalue weighted by atomic mass is 16.5. The topological polar surface area (TPSA) is 50.4 Å². The summed E-state index contributed by atoms with van der Waals surface area (Å²) < 4.78 is 5.26. The molecule has 0 unspecified atom stereocenters. The first-order valence-corrected chi connectivity index (χ1v) is 9.89. The van der Waals surface area contributed by atoms with Gasteiger partial charge in [0.2, 0.25) is 5.91 Å². The molecule has 0 aliphatic heterocycles. The normalized spacial score (nSPS) is 20.7. The van der Waals surface area contributed by atoms with Gasteiger partial charge >= 0.3 is 0 Å². The van der Waals surface area contributed by atoms with Gasteiger partial charge in [-0.1, -0.05) is 62.2 Å². The van der Waals surface area contributed by atoms with Crippen LogP contribution in [-0.2, 0) is 4.79 Å². The quantitative estimate of drug-likeness (QED) is 0.777. The zero-order chi connectivity index (χ0) is 19.1. The second-order valence-electron chi connectivity index (χ2n) is 7.43. The molecule has 4 heteroatoms. The van der Waals surface area contributed by atoms with Gasteiger partial charge in [0.05, 0.1) is 19.7 Å². The van der Waals surface area contributed by atoms with Crippen LogP contribution in [0.2, 0.25) is 0 Å². The van der Waals surface area contributed by atoms with Gasteiger partial charge in [-0.25, -0.2) is 0 Å². The van der Waals surface area contributed by atoms with Crippen molar-refractivity contribution in [3.63, 3.8) is 0 Å². The molecular weight excluding hydrogens is 336 g/mol. The molecule has 1 aliphatic carbocycles. The van der Waals surface area contributed by atoms with E-state index in [9.17, 15) is 4.79 Å². The maximum atomic E-state index is 12.5. The van der Waals surface area contributed by atoms with Gasteiger partial charge in [-0.05, 0) is 42.0 Å². The second-order valence-corrected chi connectivity index (χ2v) is 7.43. The van der Waals surface area contributed by atoms with Crippen LogP contribution in [0.5, 0.6) is 5.75 Å². The van der Waals surface area contributed by atoms with Crippen molar-refractivity contribution < 1.29 is 9.53 Å². The van der Waals surface area contributed by atoms with Crippen LogP contribution in [0, 0.1) is 5.92 Å². The summed E-state index contributed by atoms with van der Waals surface area (Å²) in [4.78, 5) is 12.5. The summed E-state index contributed by atoms with van der Waals surface area (Å²) in [5.74, 6) is 1.46. The zero-order valence-electron chi connectivity index (χ0n) is 16.3. The first-order valence-electron chi connectivity index (χ1n) is 9.89. The van der Waals surface area contributed by atoms with Crippen LogP contribution in [0.3, 0.4) is 0 Å². The fourth-order valence-corrected chi connectivity index (χ4v) is 3.85. The van der Waals surface area contributed by atoms with E-state index in [1.165, 1.54) is 19.3 Å². The SMILES string of the molecule is COc1ccc([C@@H](NCC(=O)N[C@H]2CCCC[C@@H]2C)c2ccccc2)cc1. The Hall–Kier alpha value is -2.33. The van der Waals surface area contributed by atoms with Gasteiger partial charge in [0.25, 0.3) is 0 Å². The molecule has 0 spiro atoms. The van der Waals surface area contributed by atoms with E-state index in [2.05, 4.69) is 29.7 Å². The van der Waals surface area contributed by atoms with E-state index >= 15 is 0 Å². The molecule has 3 atom stereocenters. The average molecular weight is 367 g/mol. The summed E-state index contributed by atoms with van der Waals surface area (Å²) in [6.07, 6.45) is 4.78. The standard InChI is InChI=1S/C23H30N2O2/c1-17-8-6-7-11-21(17)25-22(26)16-24-23(18-9-4-3-5-10-18)19-12-14-20(27-2)15-13-19/h3-5,9-10,12-15,17,21,23-24H,6-8,11,16H2,1-2H3,(H,25,26)/t17-,21-,23-/m0/s1. The molecular formula is C23H30N2O2. The van der Waals surface area contributed by atoms with Gasteiger partial charge < -0.3 is 10.1 Å². The third-order valence-electron chi connectivity index (χ3n) is 5.51. The Morgan fingerprint density at radius 2 is 1.70 bits per heavy atom. The van der Waals surface area contributed by atoms with Crippen LogP contribution >= 0.6 is 0 Å². The van der Waals surface area contributed by atoms with Crippen molar-refractivity contribution in [2.45, 2.75) is 44.7 Å². The van der Waals surface area contributed by atoms with Gasteiger partial charge in [-0.15, -0.1) is 0 Å². The van der Waals surface area contributed by atoms with Gasteiger partial charge in [0.1, 0.15) is 5.75 Å². The molecule has 27 heavy (non-hydrogen) atoms. The number of amides is 1. The summed E-state index contributed by atoms with van der Waals surface area (Å²) >= 11 is 0.